The van der Waals surface area contributed by atoms with Crippen LogP contribution < -0.4 is 0 Å². The van der Waals surface area contributed by atoms with E-state index in [4.69, 9.17) is 0 Å². The summed E-state index contributed by atoms with van der Waals surface area (Å²) in [4.78, 5) is 19.0. The number of ketones is 1. The van der Waals surface area contributed by atoms with Gasteiger partial charge in [0.15, 0.2) is 0 Å². The second kappa shape index (κ2) is 4.14. The number of carbonyl (C=O) groups is 1. The van der Waals surface area contributed by atoms with E-state index in [0.717, 1.165) is 18.2 Å². The van der Waals surface area contributed by atoms with Crippen LogP contribution in [0.1, 0.15) is 16.2 Å². The number of hydrogen-bond acceptors (Lipinski definition) is 3. The minimum atomic E-state index is -0.793. The monoisotopic (exact) mass is 220 g/mol. The van der Waals surface area contributed by atoms with Crippen molar-refractivity contribution in [1.82, 2.24) is 9.97 Å². The van der Waals surface area contributed by atoms with Gasteiger partial charge in [-0.15, -0.1) is 0 Å². The molecule has 0 unspecified atom stereocenters. The highest BCUT2D eigenvalue weighted by molar-refractivity contribution is 6.06. The zero-order valence-corrected chi connectivity index (χ0v) is 8.02. The summed E-state index contributed by atoms with van der Waals surface area (Å²) in [5.41, 5.74) is -0.369. The van der Waals surface area contributed by atoms with Gasteiger partial charge < -0.3 is 0 Å². The van der Waals surface area contributed by atoms with Crippen molar-refractivity contribution in [3.05, 3.63) is 59.7 Å². The first-order valence-electron chi connectivity index (χ1n) is 4.45. The molecule has 0 saturated heterocycles. The van der Waals surface area contributed by atoms with Crippen molar-refractivity contribution >= 4 is 5.78 Å². The summed E-state index contributed by atoms with van der Waals surface area (Å²) in [5, 5.41) is 0. The highest BCUT2D eigenvalue weighted by Gasteiger charge is 2.16. The van der Waals surface area contributed by atoms with Crippen LogP contribution in [0.3, 0.4) is 0 Å². The number of carbonyl (C=O) groups excluding carboxylic acids is 1. The van der Waals surface area contributed by atoms with Crippen LogP contribution in [0.5, 0.6) is 0 Å². The summed E-state index contributed by atoms with van der Waals surface area (Å²) in [6.07, 6.45) is 2.72. The maximum atomic E-state index is 13.3. The fourth-order valence-electron chi connectivity index (χ4n) is 1.21. The maximum Gasteiger partial charge on any atom is 0.233 e. The minimum Gasteiger partial charge on any atom is -0.285 e. The van der Waals surface area contributed by atoms with Crippen molar-refractivity contribution in [2.45, 2.75) is 0 Å². The summed E-state index contributed by atoms with van der Waals surface area (Å²) in [6.45, 7) is 0. The number of aromatic nitrogens is 2. The van der Waals surface area contributed by atoms with E-state index in [9.17, 15) is 13.6 Å². The van der Waals surface area contributed by atoms with Crippen molar-refractivity contribution < 1.29 is 13.6 Å². The molecule has 1 heterocycles. The first-order valence-corrected chi connectivity index (χ1v) is 4.45. The van der Waals surface area contributed by atoms with Crippen molar-refractivity contribution in [1.29, 1.82) is 0 Å². The standard InChI is InChI=1S/C11H6F2N2O/c12-7-2-3-9(13)8(6-7)10(16)11-14-4-1-5-15-11/h1-6H. The topological polar surface area (TPSA) is 42.9 Å². The molecule has 0 radical (unpaired) electrons. The molecule has 0 saturated carbocycles. The van der Waals surface area contributed by atoms with Crippen LogP contribution in [0, 0.1) is 11.6 Å². The highest BCUT2D eigenvalue weighted by atomic mass is 19.1. The lowest BCUT2D eigenvalue weighted by atomic mass is 10.1. The molecular formula is C11H6F2N2O. The van der Waals surface area contributed by atoms with Gasteiger partial charge in [0.1, 0.15) is 11.6 Å². The average molecular weight is 220 g/mol. The van der Waals surface area contributed by atoms with Crippen LogP contribution in [0.15, 0.2) is 36.7 Å². The van der Waals surface area contributed by atoms with Crippen molar-refractivity contribution in [3.63, 3.8) is 0 Å². The normalized spacial score (nSPS) is 10.1. The van der Waals surface area contributed by atoms with Crippen LogP contribution in [0.2, 0.25) is 0 Å². The van der Waals surface area contributed by atoms with Gasteiger partial charge in [0.2, 0.25) is 11.6 Å². The molecule has 1 aromatic heterocycles. The Morgan fingerprint density at radius 1 is 1.12 bits per heavy atom. The molecule has 0 fully saturated rings. The molecule has 0 N–H and O–H groups in total. The number of rotatable bonds is 2. The minimum absolute atomic E-state index is 0.160. The Kier molecular flexibility index (Phi) is 2.68. The second-order valence-electron chi connectivity index (χ2n) is 3.03. The number of halogens is 2. The number of hydrogen-bond donors (Lipinski definition) is 0. The first kappa shape index (κ1) is 10.4. The highest BCUT2D eigenvalue weighted by Crippen LogP contribution is 2.12. The third-order valence-corrected chi connectivity index (χ3v) is 1.94. The zero-order chi connectivity index (χ0) is 11.5. The van der Waals surface area contributed by atoms with E-state index in [1.54, 1.807) is 0 Å². The van der Waals surface area contributed by atoms with Gasteiger partial charge >= 0.3 is 0 Å². The Morgan fingerprint density at radius 2 is 1.81 bits per heavy atom. The molecule has 0 aliphatic heterocycles. The summed E-state index contributed by atoms with van der Waals surface area (Å²) in [5.74, 6) is -2.37. The van der Waals surface area contributed by atoms with Gasteiger partial charge in [-0.1, -0.05) is 0 Å². The molecule has 2 rings (SSSR count). The van der Waals surface area contributed by atoms with Crippen LogP contribution >= 0.6 is 0 Å². The summed E-state index contributed by atoms with van der Waals surface area (Å²) >= 11 is 0. The Labute approximate surface area is 89.8 Å². The molecule has 5 heteroatoms. The van der Waals surface area contributed by atoms with E-state index in [1.807, 2.05) is 0 Å². The quantitative estimate of drug-likeness (QED) is 0.727. The Morgan fingerprint density at radius 3 is 2.50 bits per heavy atom. The number of nitrogens with zero attached hydrogens (tertiary/aromatic N) is 2. The first-order chi connectivity index (χ1) is 7.68. The Hall–Kier alpha value is -2.17. The molecule has 0 atom stereocenters. The van der Waals surface area contributed by atoms with Gasteiger partial charge in [0.25, 0.3) is 0 Å². The SMILES string of the molecule is O=C(c1ncccn1)c1cc(F)ccc1F. The second-order valence-corrected chi connectivity index (χ2v) is 3.03. The van der Waals surface area contributed by atoms with E-state index < -0.39 is 17.4 Å². The third kappa shape index (κ3) is 1.93. The molecule has 0 spiro atoms. The van der Waals surface area contributed by atoms with E-state index in [-0.39, 0.29) is 11.4 Å². The van der Waals surface area contributed by atoms with Gasteiger partial charge in [-0.05, 0) is 24.3 Å². The summed E-state index contributed by atoms with van der Waals surface area (Å²) in [7, 11) is 0. The van der Waals surface area contributed by atoms with E-state index in [1.165, 1.54) is 18.5 Å². The molecule has 1 aromatic carbocycles. The predicted octanol–water partition coefficient (Wildman–Crippen LogP) is 1.99. The van der Waals surface area contributed by atoms with E-state index in [2.05, 4.69) is 9.97 Å². The van der Waals surface area contributed by atoms with Crippen LogP contribution in [-0.2, 0) is 0 Å². The molecule has 2 aromatic rings. The lowest BCUT2D eigenvalue weighted by molar-refractivity contribution is 0.102. The molecule has 0 bridgehead atoms. The lowest BCUT2D eigenvalue weighted by Crippen LogP contribution is -2.08. The molecule has 0 amide bonds. The third-order valence-electron chi connectivity index (χ3n) is 1.94. The molecule has 16 heavy (non-hydrogen) atoms. The number of benzene rings is 1. The van der Waals surface area contributed by atoms with Crippen LogP contribution in [0.4, 0.5) is 8.78 Å². The van der Waals surface area contributed by atoms with Crippen LogP contribution in [-0.4, -0.2) is 15.8 Å². The van der Waals surface area contributed by atoms with Gasteiger partial charge in [0.05, 0.1) is 5.56 Å². The summed E-state index contributed by atoms with van der Waals surface area (Å²) in [6, 6.07) is 4.19. The van der Waals surface area contributed by atoms with Crippen molar-refractivity contribution in [3.8, 4) is 0 Å². The molecule has 80 valence electrons. The van der Waals surface area contributed by atoms with Gasteiger partial charge in [-0.3, -0.25) is 4.79 Å². The van der Waals surface area contributed by atoms with Crippen molar-refractivity contribution in [2.24, 2.45) is 0 Å². The predicted molar refractivity (Wildman–Crippen MR) is 51.8 cm³/mol. The maximum absolute atomic E-state index is 13.3. The van der Waals surface area contributed by atoms with Crippen LogP contribution in [0.25, 0.3) is 0 Å². The van der Waals surface area contributed by atoms with Crippen molar-refractivity contribution in [2.75, 3.05) is 0 Å². The molecule has 0 aliphatic rings. The fourth-order valence-corrected chi connectivity index (χ4v) is 1.21. The van der Waals surface area contributed by atoms with Gasteiger partial charge in [-0.25, -0.2) is 18.7 Å². The van der Waals surface area contributed by atoms with E-state index in [0.29, 0.717) is 0 Å². The molecule has 0 aliphatic carbocycles. The largest absolute Gasteiger partial charge is 0.285 e. The molecule has 3 nitrogen and oxygen atoms in total. The average Bonchev–Trinajstić information content (AvgIpc) is 2.32. The van der Waals surface area contributed by atoms with E-state index >= 15 is 0 Å². The lowest BCUT2D eigenvalue weighted by Gasteiger charge is -2.00. The molecular weight excluding hydrogens is 214 g/mol. The Balaban J connectivity index is 2.46. The van der Waals surface area contributed by atoms with Gasteiger partial charge in [-0.2, -0.15) is 0 Å². The van der Waals surface area contributed by atoms with Gasteiger partial charge in [0, 0.05) is 12.4 Å². The summed E-state index contributed by atoms with van der Waals surface area (Å²) < 4.78 is 26.1. The Bertz CT molecular complexity index is 529. The smallest absolute Gasteiger partial charge is 0.233 e. The zero-order valence-electron chi connectivity index (χ0n) is 8.02. The fraction of sp³-hybridized carbons (Fsp3) is 0.